The maximum Gasteiger partial charge on any atom is 0.404 e. The molecule has 1 unspecified atom stereocenters. The number of hydrogen-bond donors (Lipinski definition) is 4. The maximum atomic E-state index is 12.7. The number of rotatable bonds is 8. The first kappa shape index (κ1) is 28.2. The van der Waals surface area contributed by atoms with Gasteiger partial charge in [-0.25, -0.2) is 4.79 Å². The second-order valence-corrected chi connectivity index (χ2v) is 12.3. The zero-order valence-electron chi connectivity index (χ0n) is 23.1. The van der Waals surface area contributed by atoms with Crippen molar-refractivity contribution in [3.05, 3.63) is 88.5 Å². The summed E-state index contributed by atoms with van der Waals surface area (Å²) in [5, 5.41) is 15.1. The third-order valence-corrected chi connectivity index (χ3v) is 9.76. The Morgan fingerprint density at radius 1 is 1.05 bits per heavy atom. The van der Waals surface area contributed by atoms with Crippen LogP contribution in [0.4, 0.5) is 16.2 Å². The lowest BCUT2D eigenvalue weighted by Gasteiger charge is -2.29. The van der Waals surface area contributed by atoms with Gasteiger partial charge in [0.15, 0.2) is 0 Å². The summed E-state index contributed by atoms with van der Waals surface area (Å²) >= 11 is 3.41. The molecular formula is C31H31N5O4S2. The highest BCUT2D eigenvalue weighted by Gasteiger charge is 2.23. The molecule has 216 valence electrons. The molecule has 1 fully saturated rings. The van der Waals surface area contributed by atoms with Gasteiger partial charge in [0.05, 0.1) is 30.6 Å². The van der Waals surface area contributed by atoms with Crippen LogP contribution < -0.4 is 21.1 Å². The van der Waals surface area contributed by atoms with Gasteiger partial charge in [0.1, 0.15) is 0 Å². The number of aromatic amines is 1. The van der Waals surface area contributed by atoms with E-state index in [1.165, 1.54) is 0 Å². The molecule has 4 heterocycles. The molecule has 42 heavy (non-hydrogen) atoms. The Morgan fingerprint density at radius 3 is 2.69 bits per heavy atom. The molecular weight excluding hydrogens is 571 g/mol. The van der Waals surface area contributed by atoms with E-state index in [2.05, 4.69) is 55.8 Å². The van der Waals surface area contributed by atoms with E-state index in [9.17, 15) is 9.59 Å². The van der Waals surface area contributed by atoms with Gasteiger partial charge in [-0.3, -0.25) is 9.78 Å². The zero-order chi connectivity index (χ0) is 29.1. The van der Waals surface area contributed by atoms with Gasteiger partial charge in [0, 0.05) is 67.9 Å². The van der Waals surface area contributed by atoms with E-state index < -0.39 is 6.09 Å². The number of carbonyl (C=O) groups is 1. The van der Waals surface area contributed by atoms with Crippen LogP contribution in [0.1, 0.15) is 23.9 Å². The van der Waals surface area contributed by atoms with Gasteiger partial charge in [0.2, 0.25) is 5.56 Å². The van der Waals surface area contributed by atoms with E-state index in [0.29, 0.717) is 26.2 Å². The van der Waals surface area contributed by atoms with Gasteiger partial charge in [-0.1, -0.05) is 41.7 Å². The van der Waals surface area contributed by atoms with E-state index in [1.54, 1.807) is 29.6 Å². The average molecular weight is 602 g/mol. The predicted octanol–water partition coefficient (Wildman–Crippen LogP) is 6.01. The van der Waals surface area contributed by atoms with E-state index in [0.717, 1.165) is 66.7 Å². The van der Waals surface area contributed by atoms with E-state index >= 15 is 0 Å². The van der Waals surface area contributed by atoms with Crippen molar-refractivity contribution in [2.45, 2.75) is 39.0 Å². The molecule has 1 amide bonds. The number of ether oxygens (including phenoxy) is 1. The van der Waals surface area contributed by atoms with Crippen LogP contribution in [-0.2, 0) is 4.74 Å². The largest absolute Gasteiger partial charge is 0.465 e. The molecule has 0 bridgehead atoms. The Kier molecular flexibility index (Phi) is 8.41. The second-order valence-electron chi connectivity index (χ2n) is 10.1. The Labute approximate surface area is 252 Å². The van der Waals surface area contributed by atoms with Crippen molar-refractivity contribution in [1.82, 2.24) is 15.3 Å². The highest BCUT2D eigenvalue weighted by atomic mass is 32.2. The number of pyridine rings is 2. The Bertz CT molecular complexity index is 1670. The zero-order valence-corrected chi connectivity index (χ0v) is 24.7. The van der Waals surface area contributed by atoms with Crippen LogP contribution in [0.15, 0.2) is 91.1 Å². The molecule has 0 saturated carbocycles. The Balaban J connectivity index is 1.25. The molecule has 11 heteroatoms. The van der Waals surface area contributed by atoms with E-state index in [1.807, 2.05) is 37.3 Å². The maximum absolute atomic E-state index is 12.7. The molecule has 6 rings (SSSR count). The molecule has 1 saturated heterocycles. The molecule has 4 aromatic rings. The van der Waals surface area contributed by atoms with Crippen LogP contribution in [0.2, 0.25) is 0 Å². The number of aryl methyl sites for hydroxylation is 1. The molecule has 2 aliphatic rings. The summed E-state index contributed by atoms with van der Waals surface area (Å²) in [7, 11) is 0. The minimum atomic E-state index is -1.04. The molecule has 2 aromatic heterocycles. The fraction of sp³-hybridized carbons (Fsp3) is 0.258. The minimum absolute atomic E-state index is 0.118. The lowest BCUT2D eigenvalue weighted by molar-refractivity contribution is 0.122. The standard InChI is InChI=1S/C31H31N5O4S2/c1-19-4-2-6-23(33-19)24(10-11-32-31(38)39)34-20-8-9-26-28(16-20)41-27-7-3-5-22(30(27)42-26)25-17-21(18-29(37)35-25)36-12-14-40-15-13-36/h2-9,16-18,24,32,34H,10-15H2,1H3,(H,35,37)(H,38,39). The molecule has 4 N–H and O–H groups in total. The van der Waals surface area contributed by atoms with E-state index in [-0.39, 0.29) is 11.6 Å². The molecule has 2 aromatic carbocycles. The number of morpholine rings is 1. The van der Waals surface area contributed by atoms with Gasteiger partial charge in [-0.15, -0.1) is 0 Å². The van der Waals surface area contributed by atoms with Gasteiger partial charge in [0.25, 0.3) is 0 Å². The van der Waals surface area contributed by atoms with Crippen molar-refractivity contribution in [3.63, 3.8) is 0 Å². The van der Waals surface area contributed by atoms with Crippen molar-refractivity contribution in [2.24, 2.45) is 0 Å². The summed E-state index contributed by atoms with van der Waals surface area (Å²) in [6, 6.07) is 21.9. The topological polar surface area (TPSA) is 120 Å². The number of aromatic nitrogens is 2. The van der Waals surface area contributed by atoms with Crippen molar-refractivity contribution in [3.8, 4) is 11.3 Å². The molecule has 2 aliphatic heterocycles. The molecule has 0 radical (unpaired) electrons. The van der Waals surface area contributed by atoms with Crippen LogP contribution >= 0.6 is 23.5 Å². The summed E-state index contributed by atoms with van der Waals surface area (Å²) in [5.74, 6) is 0. The number of nitrogens with one attached hydrogen (secondary N) is 3. The smallest absolute Gasteiger partial charge is 0.404 e. The van der Waals surface area contributed by atoms with Crippen molar-refractivity contribution < 1.29 is 14.6 Å². The fourth-order valence-electron chi connectivity index (χ4n) is 5.16. The van der Waals surface area contributed by atoms with Crippen molar-refractivity contribution in [1.29, 1.82) is 0 Å². The van der Waals surface area contributed by atoms with Crippen LogP contribution in [0, 0.1) is 6.92 Å². The van der Waals surface area contributed by atoms with Gasteiger partial charge in [-0.2, -0.15) is 0 Å². The quantitative estimate of drug-likeness (QED) is 0.170. The van der Waals surface area contributed by atoms with Crippen molar-refractivity contribution in [2.75, 3.05) is 43.1 Å². The minimum Gasteiger partial charge on any atom is -0.465 e. The summed E-state index contributed by atoms with van der Waals surface area (Å²) < 4.78 is 5.49. The highest BCUT2D eigenvalue weighted by Crippen LogP contribution is 2.52. The third-order valence-electron chi connectivity index (χ3n) is 7.17. The van der Waals surface area contributed by atoms with Crippen molar-refractivity contribution >= 4 is 41.0 Å². The molecule has 0 aliphatic carbocycles. The number of anilines is 2. The lowest BCUT2D eigenvalue weighted by Crippen LogP contribution is -2.36. The summed E-state index contributed by atoms with van der Waals surface area (Å²) in [5.41, 5.74) is 5.31. The molecule has 0 spiro atoms. The molecule has 1 atom stereocenters. The predicted molar refractivity (Wildman–Crippen MR) is 166 cm³/mol. The Morgan fingerprint density at radius 2 is 1.88 bits per heavy atom. The summed E-state index contributed by atoms with van der Waals surface area (Å²) in [6.07, 6.45) is -0.488. The number of nitrogens with zero attached hydrogens (tertiary/aromatic N) is 2. The number of hydrogen-bond acceptors (Lipinski definition) is 8. The first-order valence-electron chi connectivity index (χ1n) is 13.8. The van der Waals surface area contributed by atoms with Gasteiger partial charge in [-0.05, 0) is 55.8 Å². The van der Waals surface area contributed by atoms with Crippen LogP contribution in [0.5, 0.6) is 0 Å². The van der Waals surface area contributed by atoms with Crippen LogP contribution in [-0.4, -0.2) is 54.0 Å². The second kappa shape index (κ2) is 12.5. The first-order chi connectivity index (χ1) is 20.4. The number of carboxylic acid groups (broad SMARTS) is 1. The Hall–Kier alpha value is -3.93. The van der Waals surface area contributed by atoms with Gasteiger partial charge >= 0.3 is 6.09 Å². The summed E-state index contributed by atoms with van der Waals surface area (Å²) in [6.45, 7) is 5.10. The lowest BCUT2D eigenvalue weighted by atomic mass is 10.1. The van der Waals surface area contributed by atoms with E-state index in [4.69, 9.17) is 9.84 Å². The number of benzene rings is 2. The van der Waals surface area contributed by atoms with Gasteiger partial charge < -0.3 is 30.4 Å². The number of amides is 1. The SMILES string of the molecule is Cc1cccc(C(CCNC(=O)O)Nc2ccc3c(c2)Sc2cccc(-c4cc(N5CCOCC5)cc(=O)[nH]4)c2S3)n1. The highest BCUT2D eigenvalue weighted by molar-refractivity contribution is 8.05. The van der Waals surface area contributed by atoms with Crippen LogP contribution in [0.3, 0.4) is 0 Å². The normalized spacial score (nSPS) is 14.9. The first-order valence-corrected chi connectivity index (χ1v) is 15.4. The molecule has 9 nitrogen and oxygen atoms in total. The number of fused-ring (bicyclic) bond motifs is 2. The van der Waals surface area contributed by atoms with Crippen LogP contribution in [0.25, 0.3) is 11.3 Å². The monoisotopic (exact) mass is 601 g/mol. The third kappa shape index (κ3) is 6.43. The average Bonchev–Trinajstić information content (AvgIpc) is 2.99. The summed E-state index contributed by atoms with van der Waals surface area (Å²) in [4.78, 5) is 38.1. The fourth-order valence-corrected chi connectivity index (χ4v) is 7.57. The number of H-pyrrole nitrogens is 1.